The summed E-state index contributed by atoms with van der Waals surface area (Å²) >= 11 is 1.54. The molecule has 0 fully saturated rings. The van der Waals surface area contributed by atoms with Crippen molar-refractivity contribution < 1.29 is 9.59 Å². The summed E-state index contributed by atoms with van der Waals surface area (Å²) < 4.78 is 0. The molecule has 0 spiro atoms. The van der Waals surface area contributed by atoms with Gasteiger partial charge in [-0.25, -0.2) is 0 Å². The van der Waals surface area contributed by atoms with E-state index in [1.54, 1.807) is 12.1 Å². The number of benzene rings is 1. The molecule has 1 heterocycles. The maximum absolute atomic E-state index is 11.8. The van der Waals surface area contributed by atoms with Crippen LogP contribution >= 0.6 is 11.3 Å². The highest BCUT2D eigenvalue weighted by atomic mass is 32.1. The van der Waals surface area contributed by atoms with E-state index in [9.17, 15) is 9.59 Å². The number of carbonyl (C=O) groups excluding carboxylic acids is 2. The fourth-order valence-electron chi connectivity index (χ4n) is 1.64. The molecule has 0 saturated carbocycles. The van der Waals surface area contributed by atoms with Gasteiger partial charge in [0.25, 0.3) is 5.91 Å². The van der Waals surface area contributed by atoms with E-state index in [4.69, 9.17) is 0 Å². The summed E-state index contributed by atoms with van der Waals surface area (Å²) in [5, 5.41) is 3.82. The SMILES string of the molecule is Cc1ccccc1C(=O)NNC(=O)Cc1ccsc1. The Morgan fingerprint density at radius 1 is 1.16 bits per heavy atom. The Morgan fingerprint density at radius 2 is 1.95 bits per heavy atom. The summed E-state index contributed by atoms with van der Waals surface area (Å²) in [5.74, 6) is -0.544. The van der Waals surface area contributed by atoms with Crippen LogP contribution in [0.4, 0.5) is 0 Å². The minimum Gasteiger partial charge on any atom is -0.273 e. The average molecular weight is 274 g/mol. The lowest BCUT2D eigenvalue weighted by Crippen LogP contribution is -2.42. The molecule has 2 aromatic rings. The molecule has 0 unspecified atom stereocenters. The van der Waals surface area contributed by atoms with Crippen molar-refractivity contribution in [2.75, 3.05) is 0 Å². The van der Waals surface area contributed by atoms with E-state index >= 15 is 0 Å². The zero-order valence-corrected chi connectivity index (χ0v) is 11.3. The van der Waals surface area contributed by atoms with Gasteiger partial charge in [0.2, 0.25) is 5.91 Å². The van der Waals surface area contributed by atoms with Gasteiger partial charge in [-0.2, -0.15) is 11.3 Å². The van der Waals surface area contributed by atoms with Gasteiger partial charge in [0.15, 0.2) is 0 Å². The summed E-state index contributed by atoms with van der Waals surface area (Å²) in [4.78, 5) is 23.5. The van der Waals surface area contributed by atoms with Crippen molar-refractivity contribution >= 4 is 23.2 Å². The maximum atomic E-state index is 11.8. The topological polar surface area (TPSA) is 58.2 Å². The lowest BCUT2D eigenvalue weighted by molar-refractivity contribution is -0.121. The van der Waals surface area contributed by atoms with Gasteiger partial charge in [-0.3, -0.25) is 20.4 Å². The molecule has 0 saturated heterocycles. The van der Waals surface area contributed by atoms with Gasteiger partial charge >= 0.3 is 0 Å². The van der Waals surface area contributed by atoms with E-state index in [-0.39, 0.29) is 18.2 Å². The van der Waals surface area contributed by atoms with Gasteiger partial charge in [0.05, 0.1) is 6.42 Å². The van der Waals surface area contributed by atoms with Crippen molar-refractivity contribution in [1.29, 1.82) is 0 Å². The van der Waals surface area contributed by atoms with Gasteiger partial charge < -0.3 is 0 Å². The van der Waals surface area contributed by atoms with E-state index in [2.05, 4.69) is 10.9 Å². The number of thiophene rings is 1. The first-order chi connectivity index (χ1) is 9.16. The van der Waals surface area contributed by atoms with E-state index < -0.39 is 0 Å². The molecule has 0 atom stereocenters. The number of hydrogen-bond donors (Lipinski definition) is 2. The molecule has 0 bridgehead atoms. The predicted octanol–water partition coefficient (Wildman–Crippen LogP) is 2.06. The van der Waals surface area contributed by atoms with Crippen molar-refractivity contribution in [3.8, 4) is 0 Å². The second kappa shape index (κ2) is 6.15. The fraction of sp³-hybridized carbons (Fsp3) is 0.143. The van der Waals surface area contributed by atoms with Crippen LogP contribution in [0.5, 0.6) is 0 Å². The first-order valence-corrected chi connectivity index (χ1v) is 6.77. The average Bonchev–Trinajstić information content (AvgIpc) is 2.89. The summed E-state index contributed by atoms with van der Waals surface area (Å²) in [6.07, 6.45) is 0.261. The van der Waals surface area contributed by atoms with Crippen LogP contribution in [-0.2, 0) is 11.2 Å². The Morgan fingerprint density at radius 3 is 2.63 bits per heavy atom. The number of amides is 2. The first kappa shape index (κ1) is 13.3. The highest BCUT2D eigenvalue weighted by Crippen LogP contribution is 2.07. The normalized spacial score (nSPS) is 9.95. The third kappa shape index (κ3) is 3.66. The number of aryl methyl sites for hydroxylation is 1. The third-order valence-corrected chi connectivity index (χ3v) is 3.38. The third-order valence-electron chi connectivity index (χ3n) is 2.65. The van der Waals surface area contributed by atoms with Crippen LogP contribution in [0.15, 0.2) is 41.1 Å². The number of nitrogens with one attached hydrogen (secondary N) is 2. The molecule has 0 radical (unpaired) electrons. The molecule has 98 valence electrons. The Bertz CT molecular complexity index is 579. The highest BCUT2D eigenvalue weighted by Gasteiger charge is 2.09. The zero-order chi connectivity index (χ0) is 13.7. The quantitative estimate of drug-likeness (QED) is 0.842. The molecule has 1 aromatic carbocycles. The molecule has 5 heteroatoms. The Labute approximate surface area is 115 Å². The van der Waals surface area contributed by atoms with Crippen LogP contribution in [0.3, 0.4) is 0 Å². The number of carbonyl (C=O) groups is 2. The molecule has 2 N–H and O–H groups in total. The summed E-state index contributed by atoms with van der Waals surface area (Å²) in [7, 11) is 0. The van der Waals surface area contributed by atoms with Crippen LogP contribution in [0.1, 0.15) is 21.5 Å². The standard InChI is InChI=1S/C14H14N2O2S/c1-10-4-2-3-5-12(10)14(18)16-15-13(17)8-11-6-7-19-9-11/h2-7,9H,8H2,1H3,(H,15,17)(H,16,18). The first-order valence-electron chi connectivity index (χ1n) is 5.82. The van der Waals surface area contributed by atoms with Gasteiger partial charge in [-0.15, -0.1) is 0 Å². The monoisotopic (exact) mass is 274 g/mol. The lowest BCUT2D eigenvalue weighted by atomic mass is 10.1. The second-order valence-corrected chi connectivity index (χ2v) is 4.91. The number of hydrogen-bond acceptors (Lipinski definition) is 3. The van der Waals surface area contributed by atoms with Gasteiger partial charge in [0, 0.05) is 5.56 Å². The molecule has 1 aromatic heterocycles. The van der Waals surface area contributed by atoms with Crippen LogP contribution in [0.25, 0.3) is 0 Å². The lowest BCUT2D eigenvalue weighted by Gasteiger charge is -2.08. The zero-order valence-electron chi connectivity index (χ0n) is 10.5. The number of hydrazine groups is 1. The van der Waals surface area contributed by atoms with Crippen molar-refractivity contribution in [3.05, 3.63) is 57.8 Å². The predicted molar refractivity (Wildman–Crippen MR) is 74.8 cm³/mol. The molecule has 2 amide bonds. The Hall–Kier alpha value is -2.14. The van der Waals surface area contributed by atoms with Crippen LogP contribution in [-0.4, -0.2) is 11.8 Å². The van der Waals surface area contributed by atoms with Crippen LogP contribution < -0.4 is 10.9 Å². The Kier molecular flexibility index (Phi) is 4.30. The minimum atomic E-state index is -0.309. The van der Waals surface area contributed by atoms with Crippen molar-refractivity contribution in [2.24, 2.45) is 0 Å². The smallest absolute Gasteiger partial charge is 0.269 e. The molecule has 0 aliphatic rings. The second-order valence-electron chi connectivity index (χ2n) is 4.13. The van der Waals surface area contributed by atoms with E-state index in [1.165, 1.54) is 11.3 Å². The van der Waals surface area contributed by atoms with Gasteiger partial charge in [-0.05, 0) is 40.9 Å². The molecular formula is C14H14N2O2S. The van der Waals surface area contributed by atoms with Crippen molar-refractivity contribution in [2.45, 2.75) is 13.3 Å². The summed E-state index contributed by atoms with van der Waals surface area (Å²) in [6.45, 7) is 1.85. The van der Waals surface area contributed by atoms with Crippen molar-refractivity contribution in [3.63, 3.8) is 0 Å². The number of rotatable bonds is 3. The molecular weight excluding hydrogens is 260 g/mol. The van der Waals surface area contributed by atoms with E-state index in [0.717, 1.165) is 11.1 Å². The van der Waals surface area contributed by atoms with Gasteiger partial charge in [-0.1, -0.05) is 18.2 Å². The Balaban J connectivity index is 1.87. The largest absolute Gasteiger partial charge is 0.273 e. The van der Waals surface area contributed by atoms with Crippen molar-refractivity contribution in [1.82, 2.24) is 10.9 Å². The summed E-state index contributed by atoms with van der Waals surface area (Å²) in [6, 6.07) is 9.10. The molecule has 0 aliphatic carbocycles. The summed E-state index contributed by atoms with van der Waals surface area (Å²) in [5.41, 5.74) is 7.19. The fourth-order valence-corrected chi connectivity index (χ4v) is 2.31. The van der Waals surface area contributed by atoms with E-state index in [1.807, 2.05) is 35.9 Å². The molecule has 19 heavy (non-hydrogen) atoms. The maximum Gasteiger partial charge on any atom is 0.269 e. The van der Waals surface area contributed by atoms with Crippen LogP contribution in [0, 0.1) is 6.92 Å². The molecule has 2 rings (SSSR count). The van der Waals surface area contributed by atoms with Gasteiger partial charge in [0.1, 0.15) is 0 Å². The van der Waals surface area contributed by atoms with Crippen LogP contribution in [0.2, 0.25) is 0 Å². The minimum absolute atomic E-state index is 0.236. The van der Waals surface area contributed by atoms with E-state index in [0.29, 0.717) is 5.56 Å². The molecule has 0 aliphatic heterocycles. The molecule has 4 nitrogen and oxygen atoms in total. The highest BCUT2D eigenvalue weighted by molar-refractivity contribution is 7.07.